The highest BCUT2D eigenvalue weighted by atomic mass is 16.6. The summed E-state index contributed by atoms with van der Waals surface area (Å²) in [6, 6.07) is 0. The van der Waals surface area contributed by atoms with E-state index in [4.69, 9.17) is 5.90 Å². The molecule has 0 bridgehead atoms. The molecule has 4 nitrogen and oxygen atoms in total. The minimum Gasteiger partial charge on any atom is -0.354 e. The molecule has 0 saturated carbocycles. The maximum absolute atomic E-state index is 10.4. The van der Waals surface area contributed by atoms with Gasteiger partial charge in [0, 0.05) is 13.5 Å². The van der Waals surface area contributed by atoms with Crippen LogP contribution >= 0.6 is 0 Å². The smallest absolute Gasteiger partial charge is 0.216 e. The summed E-state index contributed by atoms with van der Waals surface area (Å²) in [5.41, 5.74) is 0. The Morgan fingerprint density at radius 3 is 2.70 bits per heavy atom. The second-order valence-electron chi connectivity index (χ2n) is 2.10. The topological polar surface area (TPSA) is 64.3 Å². The normalized spacial score (nSPS) is 12.7. The lowest BCUT2D eigenvalue weighted by atomic mass is 10.3. The van der Waals surface area contributed by atoms with Crippen molar-refractivity contribution >= 4 is 5.91 Å². The fraction of sp³-hybridized carbons (Fsp3) is 0.833. The molecule has 0 heterocycles. The van der Waals surface area contributed by atoms with E-state index in [1.54, 1.807) is 0 Å². The van der Waals surface area contributed by atoms with Crippen molar-refractivity contribution < 1.29 is 9.63 Å². The summed E-state index contributed by atoms with van der Waals surface area (Å²) < 4.78 is 0. The Hall–Kier alpha value is -0.610. The van der Waals surface area contributed by atoms with Crippen LogP contribution in [0.15, 0.2) is 0 Å². The molecule has 0 spiro atoms. The first-order valence-electron chi connectivity index (χ1n) is 3.30. The number of carbonyl (C=O) groups excluding carboxylic acids is 1. The van der Waals surface area contributed by atoms with E-state index in [0.29, 0.717) is 6.54 Å². The third-order valence-electron chi connectivity index (χ3n) is 1.23. The van der Waals surface area contributed by atoms with E-state index in [-0.39, 0.29) is 12.0 Å². The van der Waals surface area contributed by atoms with E-state index >= 15 is 0 Å². The van der Waals surface area contributed by atoms with Crippen LogP contribution in [0.5, 0.6) is 0 Å². The Morgan fingerprint density at radius 2 is 2.40 bits per heavy atom. The van der Waals surface area contributed by atoms with Crippen molar-refractivity contribution in [2.24, 2.45) is 5.90 Å². The molecule has 4 heteroatoms. The van der Waals surface area contributed by atoms with Crippen molar-refractivity contribution in [2.45, 2.75) is 26.4 Å². The number of rotatable bonds is 4. The van der Waals surface area contributed by atoms with Gasteiger partial charge in [0.15, 0.2) is 0 Å². The van der Waals surface area contributed by atoms with Crippen LogP contribution < -0.4 is 11.2 Å². The van der Waals surface area contributed by atoms with Gasteiger partial charge in [-0.15, -0.1) is 0 Å². The molecule has 60 valence electrons. The van der Waals surface area contributed by atoms with Gasteiger partial charge in [0.1, 0.15) is 0 Å². The average molecular weight is 146 g/mol. The number of nitrogens with two attached hydrogens (primary N) is 1. The lowest BCUT2D eigenvalue weighted by molar-refractivity contribution is -0.119. The average Bonchev–Trinajstić information content (AvgIpc) is 1.90. The SMILES string of the molecule is CC[C@H](CNC(C)=O)ON. The third-order valence-corrected chi connectivity index (χ3v) is 1.23. The molecule has 0 fully saturated rings. The molecule has 0 aromatic rings. The van der Waals surface area contributed by atoms with Gasteiger partial charge in [0.05, 0.1) is 6.10 Å². The largest absolute Gasteiger partial charge is 0.354 e. The summed E-state index contributed by atoms with van der Waals surface area (Å²) in [7, 11) is 0. The summed E-state index contributed by atoms with van der Waals surface area (Å²) in [6.07, 6.45) is 0.737. The van der Waals surface area contributed by atoms with E-state index in [1.807, 2.05) is 6.92 Å². The lowest BCUT2D eigenvalue weighted by Gasteiger charge is -2.11. The number of amides is 1. The van der Waals surface area contributed by atoms with Crippen LogP contribution in [-0.4, -0.2) is 18.6 Å². The van der Waals surface area contributed by atoms with E-state index in [1.165, 1.54) is 6.92 Å². The molecule has 0 rings (SSSR count). The zero-order valence-electron chi connectivity index (χ0n) is 6.39. The predicted molar refractivity (Wildman–Crippen MR) is 38.0 cm³/mol. The first kappa shape index (κ1) is 9.39. The molecular formula is C6H14N2O2. The number of hydrogen-bond acceptors (Lipinski definition) is 3. The van der Waals surface area contributed by atoms with Crippen LogP contribution in [-0.2, 0) is 9.63 Å². The van der Waals surface area contributed by atoms with Crippen LogP contribution in [0.4, 0.5) is 0 Å². The van der Waals surface area contributed by atoms with Gasteiger partial charge >= 0.3 is 0 Å². The van der Waals surface area contributed by atoms with Gasteiger partial charge in [-0.25, -0.2) is 5.90 Å². The monoisotopic (exact) mass is 146 g/mol. The summed E-state index contributed by atoms with van der Waals surface area (Å²) in [6.45, 7) is 3.89. The molecule has 0 aromatic carbocycles. The molecule has 0 saturated heterocycles. The van der Waals surface area contributed by atoms with Crippen LogP contribution in [0.1, 0.15) is 20.3 Å². The Bertz CT molecular complexity index is 102. The molecule has 10 heavy (non-hydrogen) atoms. The first-order chi connectivity index (χ1) is 4.70. The van der Waals surface area contributed by atoms with Crippen LogP contribution in [0.3, 0.4) is 0 Å². The summed E-state index contributed by atoms with van der Waals surface area (Å²) in [4.78, 5) is 14.9. The minimum atomic E-state index is -0.0658. The molecule has 1 atom stereocenters. The number of hydrogen-bond donors (Lipinski definition) is 2. The van der Waals surface area contributed by atoms with Gasteiger partial charge in [-0.3, -0.25) is 9.63 Å². The van der Waals surface area contributed by atoms with Gasteiger partial charge < -0.3 is 5.32 Å². The second kappa shape index (κ2) is 5.20. The van der Waals surface area contributed by atoms with Crippen molar-refractivity contribution in [3.05, 3.63) is 0 Å². The maximum Gasteiger partial charge on any atom is 0.216 e. The van der Waals surface area contributed by atoms with Gasteiger partial charge in [0.25, 0.3) is 0 Å². The Labute approximate surface area is 60.7 Å². The fourth-order valence-corrected chi connectivity index (χ4v) is 0.546. The zero-order chi connectivity index (χ0) is 7.98. The second-order valence-corrected chi connectivity index (χ2v) is 2.10. The molecule has 0 aliphatic rings. The first-order valence-corrected chi connectivity index (χ1v) is 3.30. The molecule has 3 N–H and O–H groups in total. The standard InChI is InChI=1S/C6H14N2O2/c1-3-6(10-7)4-8-5(2)9/h6H,3-4,7H2,1-2H3,(H,8,9)/t6-/m1/s1. The third kappa shape index (κ3) is 4.29. The van der Waals surface area contributed by atoms with Crippen molar-refractivity contribution in [3.8, 4) is 0 Å². The van der Waals surface area contributed by atoms with Crippen molar-refractivity contribution in [1.82, 2.24) is 5.32 Å². The Kier molecular flexibility index (Phi) is 4.88. The van der Waals surface area contributed by atoms with Gasteiger partial charge in [0.2, 0.25) is 5.91 Å². The summed E-state index contributed by atoms with van der Waals surface area (Å²) in [5, 5.41) is 2.60. The van der Waals surface area contributed by atoms with E-state index in [2.05, 4.69) is 10.2 Å². The number of nitrogens with one attached hydrogen (secondary N) is 1. The van der Waals surface area contributed by atoms with E-state index in [9.17, 15) is 4.79 Å². The highest BCUT2D eigenvalue weighted by Gasteiger charge is 2.03. The van der Waals surface area contributed by atoms with Crippen molar-refractivity contribution in [3.63, 3.8) is 0 Å². The molecule has 1 amide bonds. The summed E-state index contributed by atoms with van der Waals surface area (Å²) >= 11 is 0. The van der Waals surface area contributed by atoms with Crippen LogP contribution in [0.2, 0.25) is 0 Å². The zero-order valence-corrected chi connectivity index (χ0v) is 6.39. The number of carbonyl (C=O) groups is 1. The van der Waals surface area contributed by atoms with Crippen molar-refractivity contribution in [2.75, 3.05) is 6.54 Å². The fourth-order valence-electron chi connectivity index (χ4n) is 0.546. The van der Waals surface area contributed by atoms with Gasteiger partial charge in [-0.1, -0.05) is 6.92 Å². The molecule has 0 radical (unpaired) electrons. The maximum atomic E-state index is 10.4. The van der Waals surface area contributed by atoms with Crippen molar-refractivity contribution in [1.29, 1.82) is 0 Å². The highest BCUT2D eigenvalue weighted by Crippen LogP contribution is 1.90. The molecule has 0 aliphatic heterocycles. The van der Waals surface area contributed by atoms with E-state index in [0.717, 1.165) is 6.42 Å². The highest BCUT2D eigenvalue weighted by molar-refractivity contribution is 5.72. The Morgan fingerprint density at radius 1 is 1.80 bits per heavy atom. The quantitative estimate of drug-likeness (QED) is 0.539. The van der Waals surface area contributed by atoms with Gasteiger partial charge in [-0.05, 0) is 6.42 Å². The molecular weight excluding hydrogens is 132 g/mol. The summed E-state index contributed by atoms with van der Waals surface area (Å²) in [5.74, 6) is 4.86. The molecule has 0 aliphatic carbocycles. The van der Waals surface area contributed by atoms with Gasteiger partial charge in [-0.2, -0.15) is 0 Å². The molecule has 0 aromatic heterocycles. The Balaban J connectivity index is 3.34. The minimum absolute atomic E-state index is 0.0597. The molecule has 0 unspecified atom stereocenters. The predicted octanol–water partition coefficient (Wildman–Crippen LogP) is -0.209. The van der Waals surface area contributed by atoms with Crippen LogP contribution in [0.25, 0.3) is 0 Å². The van der Waals surface area contributed by atoms with E-state index < -0.39 is 0 Å². The van der Waals surface area contributed by atoms with Crippen LogP contribution in [0, 0.1) is 0 Å². The lowest BCUT2D eigenvalue weighted by Crippen LogP contribution is -2.33.